The van der Waals surface area contributed by atoms with Crippen molar-refractivity contribution in [3.63, 3.8) is 0 Å². The number of imide groups is 1. The van der Waals surface area contributed by atoms with Crippen molar-refractivity contribution in [2.75, 3.05) is 12.8 Å². The van der Waals surface area contributed by atoms with Gasteiger partial charge in [0.1, 0.15) is 5.78 Å². The first-order valence-corrected chi connectivity index (χ1v) is 12.8. The third kappa shape index (κ3) is 8.39. The Morgan fingerprint density at radius 3 is 2.03 bits per heavy atom. The Hall–Kier alpha value is -1.41. The summed E-state index contributed by atoms with van der Waals surface area (Å²) in [5.74, 6) is -0.122. The Balaban J connectivity index is 2.92. The monoisotopic (exact) mass is 483 g/mol. The Bertz CT molecular complexity index is 768. The van der Waals surface area contributed by atoms with Gasteiger partial charge in [-0.2, -0.15) is 0 Å². The molecule has 190 valence electrons. The van der Waals surface area contributed by atoms with Gasteiger partial charge in [-0.3, -0.25) is 24.1 Å². The fourth-order valence-corrected chi connectivity index (χ4v) is 6.41. The summed E-state index contributed by atoms with van der Waals surface area (Å²) in [6, 6.07) is -0.348. The van der Waals surface area contributed by atoms with Gasteiger partial charge in [0, 0.05) is 28.7 Å². The normalized spacial score (nSPS) is 19.1. The molecule has 2 atom stereocenters. The van der Waals surface area contributed by atoms with E-state index in [1.165, 1.54) is 23.6 Å². The molecule has 1 heterocycles. The van der Waals surface area contributed by atoms with E-state index < -0.39 is 16.2 Å². The van der Waals surface area contributed by atoms with Crippen molar-refractivity contribution in [1.29, 1.82) is 0 Å². The van der Waals surface area contributed by atoms with E-state index in [-0.39, 0.29) is 46.9 Å². The lowest BCUT2D eigenvalue weighted by atomic mass is 9.76. The zero-order valence-corrected chi connectivity index (χ0v) is 23.3. The van der Waals surface area contributed by atoms with E-state index in [0.717, 1.165) is 6.42 Å². The molecule has 1 unspecified atom stereocenters. The second kappa shape index (κ2) is 10.5. The van der Waals surface area contributed by atoms with Crippen molar-refractivity contribution >= 4 is 35.3 Å². The lowest BCUT2D eigenvalue weighted by Gasteiger charge is -2.41. The highest BCUT2D eigenvalue weighted by molar-refractivity contribution is 8.00. The van der Waals surface area contributed by atoms with Crippen molar-refractivity contribution in [3.05, 3.63) is 0 Å². The molecule has 8 heteroatoms. The number of rotatable bonds is 11. The zero-order valence-electron chi connectivity index (χ0n) is 22.5. The molecule has 0 radical (unpaired) electrons. The molecule has 33 heavy (non-hydrogen) atoms. The van der Waals surface area contributed by atoms with Crippen LogP contribution in [0.1, 0.15) is 88.5 Å². The Morgan fingerprint density at radius 2 is 1.58 bits per heavy atom. The highest BCUT2D eigenvalue weighted by Crippen LogP contribution is 2.38. The number of hydrogen-bond donors (Lipinski definition) is 2. The molecule has 1 rings (SSSR count). The number of Topliss-reactive ketones (excluding diaryl/α,β-unsaturated/α-hetero) is 1. The Labute approximate surface area is 204 Å². The predicted octanol–water partition coefficient (Wildman–Crippen LogP) is 3.55. The van der Waals surface area contributed by atoms with Crippen LogP contribution in [-0.4, -0.2) is 63.6 Å². The van der Waals surface area contributed by atoms with Crippen LogP contribution in [0.3, 0.4) is 0 Å². The number of amides is 3. The highest BCUT2D eigenvalue weighted by Gasteiger charge is 2.49. The van der Waals surface area contributed by atoms with Crippen LogP contribution in [0.5, 0.6) is 0 Å². The van der Waals surface area contributed by atoms with E-state index in [1.54, 1.807) is 7.05 Å². The second-order valence-electron chi connectivity index (χ2n) is 12.5. The third-order valence-electron chi connectivity index (χ3n) is 5.93. The molecule has 0 aliphatic carbocycles. The van der Waals surface area contributed by atoms with Crippen molar-refractivity contribution in [2.45, 2.75) is 111 Å². The molecule has 1 fully saturated rings. The summed E-state index contributed by atoms with van der Waals surface area (Å²) in [6.07, 6.45) is 1.28. The van der Waals surface area contributed by atoms with Crippen LogP contribution in [-0.2, 0) is 19.2 Å². The maximum absolute atomic E-state index is 13.2. The average Bonchev–Trinajstić information content (AvgIpc) is 2.85. The minimum Gasteiger partial charge on any atom is -0.351 e. The summed E-state index contributed by atoms with van der Waals surface area (Å²) in [5, 5.41) is 5.62. The third-order valence-corrected chi connectivity index (χ3v) is 7.22. The molecular weight excluding hydrogens is 438 g/mol. The lowest BCUT2D eigenvalue weighted by molar-refractivity contribution is -0.148. The average molecular weight is 484 g/mol. The summed E-state index contributed by atoms with van der Waals surface area (Å²) in [4.78, 5) is 52.2. The topological polar surface area (TPSA) is 95.6 Å². The molecule has 7 nitrogen and oxygen atoms in total. The summed E-state index contributed by atoms with van der Waals surface area (Å²) >= 11 is 1.34. The van der Waals surface area contributed by atoms with Crippen LogP contribution < -0.4 is 10.6 Å². The van der Waals surface area contributed by atoms with E-state index in [4.69, 9.17) is 0 Å². The second-order valence-corrected chi connectivity index (χ2v) is 13.7. The van der Waals surface area contributed by atoms with Gasteiger partial charge in [0.25, 0.3) is 0 Å². The molecule has 1 aliphatic rings. The lowest BCUT2D eigenvalue weighted by Crippen LogP contribution is -2.55. The maximum Gasteiger partial charge on any atom is 0.243 e. The van der Waals surface area contributed by atoms with Crippen molar-refractivity contribution in [3.8, 4) is 0 Å². The largest absolute Gasteiger partial charge is 0.351 e. The standard InChI is InChI=1S/C25H45N3O4S/c1-16(29)17(26-11)13-33-18-12-19(30)28(20(18)31)25(9,10)15-23(5,6)21(32)27-24(7,8)14-22(2,3)4/h17-18,26H,12-15H2,1-11H3,(H,27,32)/t17-,18?/m0/s1. The van der Waals surface area contributed by atoms with Gasteiger partial charge in [-0.1, -0.05) is 34.6 Å². The van der Waals surface area contributed by atoms with Gasteiger partial charge in [-0.05, 0) is 59.9 Å². The molecule has 0 saturated carbocycles. The Kier molecular flexibility index (Phi) is 9.39. The van der Waals surface area contributed by atoms with E-state index in [0.29, 0.717) is 12.2 Å². The van der Waals surface area contributed by atoms with Gasteiger partial charge in [-0.25, -0.2) is 0 Å². The molecule has 0 aromatic carbocycles. The quantitative estimate of drug-likeness (QED) is 0.436. The van der Waals surface area contributed by atoms with Gasteiger partial charge < -0.3 is 10.6 Å². The van der Waals surface area contributed by atoms with E-state index in [2.05, 4.69) is 31.4 Å². The molecular formula is C25H45N3O4S. The SMILES string of the molecule is CN[C@@H](CSC1CC(=O)N(C(C)(C)CC(C)(C)C(=O)NC(C)(C)CC(C)(C)C)C1=O)C(C)=O. The first kappa shape index (κ1) is 29.6. The minimum atomic E-state index is -0.818. The molecule has 1 saturated heterocycles. The number of carbonyl (C=O) groups excluding carboxylic acids is 4. The summed E-state index contributed by atoms with van der Waals surface area (Å²) in [7, 11) is 1.71. The van der Waals surface area contributed by atoms with Crippen molar-refractivity contribution in [1.82, 2.24) is 15.5 Å². The van der Waals surface area contributed by atoms with E-state index >= 15 is 0 Å². The van der Waals surface area contributed by atoms with Crippen LogP contribution in [0.4, 0.5) is 0 Å². The molecule has 2 N–H and O–H groups in total. The number of nitrogens with zero attached hydrogens (tertiary/aromatic N) is 1. The van der Waals surface area contributed by atoms with Crippen LogP contribution in [0, 0.1) is 10.8 Å². The summed E-state index contributed by atoms with van der Waals surface area (Å²) < 4.78 is 0. The number of ketones is 1. The molecule has 0 aromatic heterocycles. The predicted molar refractivity (Wildman–Crippen MR) is 135 cm³/mol. The van der Waals surface area contributed by atoms with Crippen LogP contribution in [0.15, 0.2) is 0 Å². The maximum atomic E-state index is 13.2. The molecule has 0 aromatic rings. The van der Waals surface area contributed by atoms with Gasteiger partial charge in [-0.15, -0.1) is 11.8 Å². The Morgan fingerprint density at radius 1 is 1.03 bits per heavy atom. The fourth-order valence-electron chi connectivity index (χ4n) is 5.07. The summed E-state index contributed by atoms with van der Waals surface area (Å²) in [6.45, 7) is 19.4. The number of carbonyl (C=O) groups is 4. The molecule has 0 spiro atoms. The van der Waals surface area contributed by atoms with E-state index in [9.17, 15) is 19.2 Å². The van der Waals surface area contributed by atoms with Crippen LogP contribution >= 0.6 is 11.8 Å². The number of hydrogen-bond acceptors (Lipinski definition) is 6. The fraction of sp³-hybridized carbons (Fsp3) is 0.840. The zero-order chi connectivity index (χ0) is 26.0. The van der Waals surface area contributed by atoms with E-state index in [1.807, 2.05) is 41.5 Å². The van der Waals surface area contributed by atoms with Gasteiger partial charge in [0.05, 0.1) is 11.3 Å². The molecule has 1 aliphatic heterocycles. The van der Waals surface area contributed by atoms with Gasteiger partial charge in [0.2, 0.25) is 17.7 Å². The van der Waals surface area contributed by atoms with Gasteiger partial charge >= 0.3 is 0 Å². The van der Waals surface area contributed by atoms with Crippen LogP contribution in [0.25, 0.3) is 0 Å². The smallest absolute Gasteiger partial charge is 0.243 e. The number of likely N-dealkylation sites (tertiary alicyclic amines) is 1. The van der Waals surface area contributed by atoms with Crippen molar-refractivity contribution in [2.24, 2.45) is 10.8 Å². The van der Waals surface area contributed by atoms with Crippen molar-refractivity contribution < 1.29 is 19.2 Å². The number of nitrogens with one attached hydrogen (secondary N) is 2. The highest BCUT2D eigenvalue weighted by atomic mass is 32.2. The minimum absolute atomic E-state index is 0.00102. The summed E-state index contributed by atoms with van der Waals surface area (Å²) in [5.41, 5.74) is -1.91. The molecule has 0 bridgehead atoms. The number of thioether (sulfide) groups is 1. The van der Waals surface area contributed by atoms with Crippen LogP contribution in [0.2, 0.25) is 0 Å². The first-order chi connectivity index (χ1) is 14.7. The molecule has 3 amide bonds. The van der Waals surface area contributed by atoms with Gasteiger partial charge in [0.15, 0.2) is 0 Å². The number of likely N-dealkylation sites (N-methyl/N-ethyl adjacent to an activating group) is 1. The first-order valence-electron chi connectivity index (χ1n) is 11.7.